The minimum absolute atomic E-state index is 0.285. The lowest BCUT2D eigenvalue weighted by Crippen LogP contribution is -2.39. The first-order valence-electron chi connectivity index (χ1n) is 7.14. The van der Waals surface area contributed by atoms with Crippen LogP contribution in [0.2, 0.25) is 0 Å². The lowest BCUT2D eigenvalue weighted by molar-refractivity contribution is -0.112. The number of rotatable bonds is 6. The molecule has 92 valence electrons. The molecule has 3 rings (SSSR count). The summed E-state index contributed by atoms with van der Waals surface area (Å²) in [5.41, 5.74) is 0. The number of aldehydes is 1. The van der Waals surface area contributed by atoms with E-state index in [4.69, 9.17) is 0 Å². The first-order valence-corrected chi connectivity index (χ1v) is 7.14. The fourth-order valence-electron chi connectivity index (χ4n) is 4.47. The first-order chi connectivity index (χ1) is 7.69. The van der Waals surface area contributed by atoms with Crippen LogP contribution in [0.4, 0.5) is 0 Å². The number of unbranched alkanes of at least 4 members (excludes halogenated alkanes) is 1. The summed E-state index contributed by atoms with van der Waals surface area (Å²) in [5, 5.41) is 0. The molecule has 0 N–H and O–H groups in total. The van der Waals surface area contributed by atoms with Crippen molar-refractivity contribution in [2.24, 2.45) is 35.5 Å². The van der Waals surface area contributed by atoms with Gasteiger partial charge in [-0.1, -0.05) is 40.0 Å². The van der Waals surface area contributed by atoms with Crippen LogP contribution in [0.1, 0.15) is 52.9 Å². The minimum Gasteiger partial charge on any atom is -0.303 e. The molecule has 3 aliphatic rings. The molecular weight excluding hydrogens is 196 g/mol. The fourth-order valence-corrected chi connectivity index (χ4v) is 4.47. The normalized spacial score (nSPS) is 42.8. The maximum Gasteiger partial charge on any atom is 0.122 e. The molecule has 2 bridgehead atoms. The van der Waals surface area contributed by atoms with E-state index in [2.05, 4.69) is 20.8 Å². The highest BCUT2D eigenvalue weighted by molar-refractivity contribution is 5.52. The van der Waals surface area contributed by atoms with Crippen LogP contribution in [0, 0.1) is 35.5 Å². The third-order valence-electron chi connectivity index (χ3n) is 5.25. The van der Waals surface area contributed by atoms with Gasteiger partial charge in [0.15, 0.2) is 0 Å². The molecule has 0 aliphatic heterocycles. The molecule has 0 amide bonds. The number of hydrogen-bond donors (Lipinski definition) is 0. The van der Waals surface area contributed by atoms with E-state index in [-0.39, 0.29) is 5.92 Å². The van der Waals surface area contributed by atoms with Gasteiger partial charge in [0.05, 0.1) is 0 Å². The Morgan fingerprint density at radius 1 is 1.44 bits per heavy atom. The highest BCUT2D eigenvalue weighted by atomic mass is 16.1. The van der Waals surface area contributed by atoms with Gasteiger partial charge in [-0.15, -0.1) is 0 Å². The Labute approximate surface area is 100.0 Å². The van der Waals surface area contributed by atoms with Crippen molar-refractivity contribution in [3.8, 4) is 0 Å². The Morgan fingerprint density at radius 2 is 2.19 bits per heavy atom. The lowest BCUT2D eigenvalue weighted by Gasteiger charge is -2.45. The lowest BCUT2D eigenvalue weighted by atomic mass is 9.60. The van der Waals surface area contributed by atoms with Crippen LogP contribution in [0.3, 0.4) is 0 Å². The van der Waals surface area contributed by atoms with Gasteiger partial charge in [-0.2, -0.15) is 0 Å². The molecule has 3 fully saturated rings. The zero-order chi connectivity index (χ0) is 11.7. The van der Waals surface area contributed by atoms with Gasteiger partial charge in [-0.3, -0.25) is 0 Å². The van der Waals surface area contributed by atoms with Crippen molar-refractivity contribution in [2.45, 2.75) is 52.9 Å². The van der Waals surface area contributed by atoms with Gasteiger partial charge in [-0.05, 0) is 42.4 Å². The molecule has 5 unspecified atom stereocenters. The van der Waals surface area contributed by atoms with Crippen molar-refractivity contribution in [1.29, 1.82) is 0 Å². The molecule has 6 atom stereocenters. The second-order valence-corrected chi connectivity index (χ2v) is 6.25. The standard InChI is InChI=1S/C15H26O/c1-4-5-6-12-8-13-11(3)15(12)14(13)7-10(2)9-16/h9-15H,4-8H2,1-3H3/t10?,11-,12?,13?,14?,15?/m0/s1. The van der Waals surface area contributed by atoms with Gasteiger partial charge in [-0.25, -0.2) is 0 Å². The van der Waals surface area contributed by atoms with Crippen LogP contribution in [-0.4, -0.2) is 6.29 Å². The van der Waals surface area contributed by atoms with Crippen LogP contribution in [0.15, 0.2) is 0 Å². The molecule has 0 aromatic rings. The van der Waals surface area contributed by atoms with Crippen molar-refractivity contribution >= 4 is 6.29 Å². The average Bonchev–Trinajstić information content (AvgIpc) is 2.81. The summed E-state index contributed by atoms with van der Waals surface area (Å²) >= 11 is 0. The van der Waals surface area contributed by atoms with E-state index in [1.165, 1.54) is 25.7 Å². The minimum atomic E-state index is 0.285. The van der Waals surface area contributed by atoms with Gasteiger partial charge >= 0.3 is 0 Å². The monoisotopic (exact) mass is 222 g/mol. The molecule has 1 nitrogen and oxygen atoms in total. The topological polar surface area (TPSA) is 17.1 Å². The quantitative estimate of drug-likeness (QED) is 0.622. The number of hydrogen-bond acceptors (Lipinski definition) is 1. The smallest absolute Gasteiger partial charge is 0.122 e. The molecule has 3 aliphatic carbocycles. The zero-order valence-electron chi connectivity index (χ0n) is 11.0. The van der Waals surface area contributed by atoms with Crippen LogP contribution in [0.5, 0.6) is 0 Å². The van der Waals surface area contributed by atoms with E-state index in [0.717, 1.165) is 42.3 Å². The predicted octanol–water partition coefficient (Wildman–Crippen LogP) is 3.92. The predicted molar refractivity (Wildman–Crippen MR) is 67.1 cm³/mol. The molecule has 0 radical (unpaired) electrons. The molecule has 0 saturated heterocycles. The van der Waals surface area contributed by atoms with E-state index in [1.807, 2.05) is 0 Å². The van der Waals surface area contributed by atoms with Crippen molar-refractivity contribution in [1.82, 2.24) is 0 Å². The Bertz CT molecular complexity index is 248. The SMILES string of the molecule is CCCCC1CC2C(CC(C)C=O)C1[C@H]2C. The maximum absolute atomic E-state index is 10.7. The van der Waals surface area contributed by atoms with Gasteiger partial charge in [0.1, 0.15) is 6.29 Å². The van der Waals surface area contributed by atoms with Crippen molar-refractivity contribution < 1.29 is 4.79 Å². The second kappa shape index (κ2) is 4.89. The van der Waals surface area contributed by atoms with Gasteiger partial charge < -0.3 is 4.79 Å². The van der Waals surface area contributed by atoms with E-state index in [0.29, 0.717) is 0 Å². The van der Waals surface area contributed by atoms with Crippen LogP contribution in [0.25, 0.3) is 0 Å². The summed E-state index contributed by atoms with van der Waals surface area (Å²) in [6, 6.07) is 0. The molecule has 0 aromatic carbocycles. The summed E-state index contributed by atoms with van der Waals surface area (Å²) < 4.78 is 0. The van der Waals surface area contributed by atoms with Crippen LogP contribution in [-0.2, 0) is 4.79 Å². The maximum atomic E-state index is 10.7. The van der Waals surface area contributed by atoms with E-state index < -0.39 is 0 Å². The summed E-state index contributed by atoms with van der Waals surface area (Å²) in [4.78, 5) is 10.7. The van der Waals surface area contributed by atoms with Gasteiger partial charge in [0.2, 0.25) is 0 Å². The number of carbonyl (C=O) groups excluding carboxylic acids is 1. The Hall–Kier alpha value is -0.330. The largest absolute Gasteiger partial charge is 0.303 e. The molecule has 0 spiro atoms. The summed E-state index contributed by atoms with van der Waals surface area (Å²) in [6.45, 7) is 6.80. The average molecular weight is 222 g/mol. The number of carbonyl (C=O) groups is 1. The van der Waals surface area contributed by atoms with Crippen molar-refractivity contribution in [3.05, 3.63) is 0 Å². The third-order valence-corrected chi connectivity index (χ3v) is 5.25. The van der Waals surface area contributed by atoms with E-state index in [1.54, 1.807) is 0 Å². The molecule has 16 heavy (non-hydrogen) atoms. The van der Waals surface area contributed by atoms with Crippen LogP contribution >= 0.6 is 0 Å². The Kier molecular flexibility index (Phi) is 3.71. The molecular formula is C15H26O. The fraction of sp³-hybridized carbons (Fsp3) is 0.933. The highest BCUT2D eigenvalue weighted by Gasteiger charge is 2.57. The third kappa shape index (κ3) is 1.94. The summed E-state index contributed by atoms with van der Waals surface area (Å²) in [5.74, 6) is 5.02. The van der Waals surface area contributed by atoms with Gasteiger partial charge in [0, 0.05) is 5.92 Å². The Balaban J connectivity index is 1.88. The highest BCUT2D eigenvalue weighted by Crippen LogP contribution is 2.63. The summed E-state index contributed by atoms with van der Waals surface area (Å²) in [7, 11) is 0. The first kappa shape index (κ1) is 12.1. The second-order valence-electron chi connectivity index (χ2n) is 6.25. The van der Waals surface area contributed by atoms with Crippen molar-refractivity contribution in [3.63, 3.8) is 0 Å². The molecule has 3 saturated carbocycles. The number of fused-ring (bicyclic) bond motifs is 1. The van der Waals surface area contributed by atoms with Crippen LogP contribution < -0.4 is 0 Å². The van der Waals surface area contributed by atoms with E-state index in [9.17, 15) is 4.79 Å². The Morgan fingerprint density at radius 3 is 2.81 bits per heavy atom. The van der Waals surface area contributed by atoms with Gasteiger partial charge in [0.25, 0.3) is 0 Å². The molecule has 0 heterocycles. The van der Waals surface area contributed by atoms with E-state index >= 15 is 0 Å². The molecule has 1 heteroatoms. The van der Waals surface area contributed by atoms with Crippen molar-refractivity contribution in [2.75, 3.05) is 0 Å². The molecule has 0 aromatic heterocycles. The zero-order valence-corrected chi connectivity index (χ0v) is 11.0. The summed E-state index contributed by atoms with van der Waals surface area (Å²) in [6.07, 6.45) is 7.93.